The van der Waals surface area contributed by atoms with Crippen molar-refractivity contribution in [2.45, 2.75) is 17.9 Å². The minimum Gasteiger partial charge on any atom is -0.329 e. The van der Waals surface area contributed by atoms with Crippen LogP contribution in [0.4, 0.5) is 0 Å². The normalized spacial score (nSPS) is 15.1. The molecule has 1 aromatic carbocycles. The summed E-state index contributed by atoms with van der Waals surface area (Å²) in [5.74, 6) is 0.589. The van der Waals surface area contributed by atoms with Crippen molar-refractivity contribution >= 4 is 26.7 Å². The van der Waals surface area contributed by atoms with Crippen molar-refractivity contribution in [2.24, 2.45) is 5.73 Å². The minimum absolute atomic E-state index is 0.0682. The first-order valence-electron chi connectivity index (χ1n) is 4.45. The van der Waals surface area contributed by atoms with E-state index in [4.69, 9.17) is 5.73 Å². The van der Waals surface area contributed by atoms with Gasteiger partial charge in [-0.25, -0.2) is 0 Å². The van der Waals surface area contributed by atoms with Crippen LogP contribution in [-0.4, -0.2) is 16.0 Å². The van der Waals surface area contributed by atoms with Crippen LogP contribution in [0.1, 0.15) is 12.5 Å². The van der Waals surface area contributed by atoms with Gasteiger partial charge in [0.25, 0.3) is 0 Å². The fourth-order valence-corrected chi connectivity index (χ4v) is 2.28. The Kier molecular flexibility index (Phi) is 4.78. The lowest BCUT2D eigenvalue weighted by Crippen LogP contribution is -2.22. The van der Waals surface area contributed by atoms with Gasteiger partial charge in [-0.05, 0) is 24.6 Å². The third kappa shape index (κ3) is 3.52. The summed E-state index contributed by atoms with van der Waals surface area (Å²) in [7, 11) is -0.863. The van der Waals surface area contributed by atoms with Crippen LogP contribution < -0.4 is 5.73 Å². The summed E-state index contributed by atoms with van der Waals surface area (Å²) in [6, 6.07) is 7.87. The molecule has 4 heteroatoms. The second-order valence-electron chi connectivity index (χ2n) is 3.20. The van der Waals surface area contributed by atoms with Crippen LogP contribution in [0.2, 0.25) is 0 Å². The highest BCUT2D eigenvalue weighted by atomic mass is 79.9. The van der Waals surface area contributed by atoms with Gasteiger partial charge in [-0.15, -0.1) is 0 Å². The van der Waals surface area contributed by atoms with Gasteiger partial charge in [0, 0.05) is 32.8 Å². The molecule has 78 valence electrons. The predicted octanol–water partition coefficient (Wildman–Crippen LogP) is 2.04. The topological polar surface area (TPSA) is 43.1 Å². The van der Waals surface area contributed by atoms with Crippen molar-refractivity contribution in [2.75, 3.05) is 6.54 Å². The monoisotopic (exact) mass is 275 g/mol. The molecule has 0 aliphatic carbocycles. The van der Waals surface area contributed by atoms with E-state index >= 15 is 0 Å². The van der Waals surface area contributed by atoms with Crippen LogP contribution in [0.15, 0.2) is 28.7 Å². The van der Waals surface area contributed by atoms with E-state index in [1.54, 1.807) is 0 Å². The number of hydrogen-bond acceptors (Lipinski definition) is 2. The molecule has 2 unspecified atom stereocenters. The van der Waals surface area contributed by atoms with Gasteiger partial charge in [0.15, 0.2) is 0 Å². The van der Waals surface area contributed by atoms with Crippen molar-refractivity contribution in [3.8, 4) is 0 Å². The average Bonchev–Trinajstić information content (AvgIpc) is 2.20. The predicted molar refractivity (Wildman–Crippen MR) is 64.5 cm³/mol. The maximum absolute atomic E-state index is 11.6. The Morgan fingerprint density at radius 3 is 2.50 bits per heavy atom. The molecule has 0 spiro atoms. The molecule has 0 heterocycles. The highest BCUT2D eigenvalue weighted by molar-refractivity contribution is 9.10. The molecular weight excluding hydrogens is 262 g/mol. The Balaban J connectivity index is 2.60. The van der Waals surface area contributed by atoms with E-state index in [2.05, 4.69) is 15.9 Å². The zero-order valence-corrected chi connectivity index (χ0v) is 10.5. The number of benzene rings is 1. The van der Waals surface area contributed by atoms with Crippen LogP contribution in [0.25, 0.3) is 0 Å². The summed E-state index contributed by atoms with van der Waals surface area (Å²) in [4.78, 5) is 0. The first-order chi connectivity index (χ1) is 6.63. The summed E-state index contributed by atoms with van der Waals surface area (Å²) < 4.78 is 12.7. The van der Waals surface area contributed by atoms with Gasteiger partial charge >= 0.3 is 0 Å². The third-order valence-corrected chi connectivity index (χ3v) is 4.24. The second kappa shape index (κ2) is 5.63. The van der Waals surface area contributed by atoms with Crippen LogP contribution in [0.3, 0.4) is 0 Å². The summed E-state index contributed by atoms with van der Waals surface area (Å²) in [6.45, 7) is 2.39. The van der Waals surface area contributed by atoms with Gasteiger partial charge in [-0.1, -0.05) is 28.1 Å². The number of nitrogens with two attached hydrogens (primary N) is 1. The van der Waals surface area contributed by atoms with Crippen molar-refractivity contribution in [1.82, 2.24) is 0 Å². The molecule has 2 N–H and O–H groups in total. The smallest absolute Gasteiger partial charge is 0.0488 e. The van der Waals surface area contributed by atoms with Crippen molar-refractivity contribution < 1.29 is 4.21 Å². The van der Waals surface area contributed by atoms with Gasteiger partial charge in [0.2, 0.25) is 0 Å². The quantitative estimate of drug-likeness (QED) is 0.914. The minimum atomic E-state index is -0.863. The van der Waals surface area contributed by atoms with Gasteiger partial charge in [0.1, 0.15) is 0 Å². The molecule has 0 saturated heterocycles. The molecule has 14 heavy (non-hydrogen) atoms. The van der Waals surface area contributed by atoms with E-state index in [0.29, 0.717) is 12.3 Å². The molecule has 0 bridgehead atoms. The standard InChI is InChI=1S/C10H14BrNOS/c1-8(6-12)14(13)7-9-2-4-10(11)5-3-9/h2-5,8H,6-7,12H2,1H3. The summed E-state index contributed by atoms with van der Waals surface area (Å²) in [6.07, 6.45) is 0. The first kappa shape index (κ1) is 11.9. The molecule has 0 radical (unpaired) electrons. The van der Waals surface area contributed by atoms with E-state index in [0.717, 1.165) is 10.0 Å². The Morgan fingerprint density at radius 1 is 1.43 bits per heavy atom. The van der Waals surface area contributed by atoms with E-state index in [-0.39, 0.29) is 5.25 Å². The summed E-state index contributed by atoms with van der Waals surface area (Å²) in [5, 5.41) is 0.0682. The Hall–Kier alpha value is -0.190. The maximum atomic E-state index is 11.6. The SMILES string of the molecule is CC(CN)S(=O)Cc1ccc(Br)cc1. The van der Waals surface area contributed by atoms with Crippen molar-refractivity contribution in [3.63, 3.8) is 0 Å². The lowest BCUT2D eigenvalue weighted by atomic mass is 10.2. The number of rotatable bonds is 4. The second-order valence-corrected chi connectivity index (χ2v) is 5.97. The lowest BCUT2D eigenvalue weighted by Gasteiger charge is -2.08. The van der Waals surface area contributed by atoms with Crippen LogP contribution >= 0.6 is 15.9 Å². The molecule has 2 atom stereocenters. The van der Waals surface area contributed by atoms with Crippen molar-refractivity contribution in [1.29, 1.82) is 0 Å². The fourth-order valence-electron chi connectivity index (χ4n) is 0.994. The molecule has 0 aliphatic rings. The van der Waals surface area contributed by atoms with Gasteiger partial charge in [-0.3, -0.25) is 4.21 Å². The molecule has 0 saturated carbocycles. The Labute approximate surface area is 95.5 Å². The van der Waals surface area contributed by atoms with Gasteiger partial charge in [-0.2, -0.15) is 0 Å². The Morgan fingerprint density at radius 2 is 2.00 bits per heavy atom. The highest BCUT2D eigenvalue weighted by Gasteiger charge is 2.09. The first-order valence-corrected chi connectivity index (χ1v) is 6.62. The molecular formula is C10H14BrNOS. The van der Waals surface area contributed by atoms with E-state index in [1.165, 1.54) is 0 Å². The third-order valence-electron chi connectivity index (χ3n) is 2.00. The number of halogens is 1. The van der Waals surface area contributed by atoms with E-state index in [1.807, 2.05) is 31.2 Å². The Bertz CT molecular complexity index is 312. The molecule has 2 nitrogen and oxygen atoms in total. The zero-order chi connectivity index (χ0) is 10.6. The van der Waals surface area contributed by atoms with E-state index in [9.17, 15) is 4.21 Å². The summed E-state index contributed by atoms with van der Waals surface area (Å²) >= 11 is 3.36. The number of hydrogen-bond donors (Lipinski definition) is 1. The van der Waals surface area contributed by atoms with Crippen LogP contribution in [-0.2, 0) is 16.6 Å². The van der Waals surface area contributed by atoms with Crippen LogP contribution in [0, 0.1) is 0 Å². The van der Waals surface area contributed by atoms with Crippen molar-refractivity contribution in [3.05, 3.63) is 34.3 Å². The zero-order valence-electron chi connectivity index (χ0n) is 8.07. The lowest BCUT2D eigenvalue weighted by molar-refractivity contribution is 0.672. The average molecular weight is 276 g/mol. The van der Waals surface area contributed by atoms with Gasteiger partial charge in [0.05, 0.1) is 0 Å². The van der Waals surface area contributed by atoms with E-state index < -0.39 is 10.8 Å². The molecule has 0 aliphatic heterocycles. The molecule has 0 fully saturated rings. The largest absolute Gasteiger partial charge is 0.329 e. The summed E-state index contributed by atoms with van der Waals surface area (Å²) in [5.41, 5.74) is 6.54. The maximum Gasteiger partial charge on any atom is 0.0488 e. The molecule has 0 aromatic heterocycles. The molecule has 1 aromatic rings. The highest BCUT2D eigenvalue weighted by Crippen LogP contribution is 2.12. The molecule has 1 rings (SSSR count). The van der Waals surface area contributed by atoms with Crippen LogP contribution in [0.5, 0.6) is 0 Å². The molecule has 0 amide bonds. The van der Waals surface area contributed by atoms with Gasteiger partial charge < -0.3 is 5.73 Å². The fraction of sp³-hybridized carbons (Fsp3) is 0.400.